The number of carbonyl (C=O) groups excluding carboxylic acids is 4. The lowest BCUT2D eigenvalue weighted by Crippen LogP contribution is -2.52. The van der Waals surface area contributed by atoms with E-state index in [-0.39, 0.29) is 11.3 Å². The standard InChI is InChI=1S/C19H23N3O7/c1-11-6-8-19(9-7-11)17(26)22(18(27)20-19)21-14(23)10-29-16(25)12-4-3-5-13(28-2)15(12)24/h3-5,11,24H,6-10H2,1-2H3,(H,20,27)(H,21,23). The highest BCUT2D eigenvalue weighted by Gasteiger charge is 2.52. The minimum atomic E-state index is -0.986. The summed E-state index contributed by atoms with van der Waals surface area (Å²) in [7, 11) is 1.33. The Hall–Kier alpha value is -3.30. The van der Waals surface area contributed by atoms with Gasteiger partial charge in [-0.25, -0.2) is 9.59 Å². The van der Waals surface area contributed by atoms with Crippen LogP contribution in [-0.2, 0) is 14.3 Å². The maximum atomic E-state index is 12.7. The topological polar surface area (TPSA) is 134 Å². The first kappa shape index (κ1) is 20.4. The van der Waals surface area contributed by atoms with Crippen molar-refractivity contribution in [3.8, 4) is 11.5 Å². The molecule has 10 nitrogen and oxygen atoms in total. The molecule has 0 unspecified atom stereocenters. The average Bonchev–Trinajstić information content (AvgIpc) is 2.93. The van der Waals surface area contributed by atoms with Crippen LogP contribution in [-0.4, -0.2) is 53.2 Å². The predicted octanol–water partition coefficient (Wildman–Crippen LogP) is 1.09. The van der Waals surface area contributed by atoms with E-state index in [9.17, 15) is 24.3 Å². The van der Waals surface area contributed by atoms with E-state index >= 15 is 0 Å². The first-order valence-corrected chi connectivity index (χ1v) is 9.26. The minimum Gasteiger partial charge on any atom is -0.504 e. The number of phenolic OH excluding ortho intramolecular Hbond substituents is 1. The number of amides is 4. The molecule has 1 aliphatic carbocycles. The van der Waals surface area contributed by atoms with E-state index in [1.165, 1.54) is 25.3 Å². The molecule has 3 N–H and O–H groups in total. The van der Waals surface area contributed by atoms with Crippen LogP contribution in [0, 0.1) is 5.92 Å². The summed E-state index contributed by atoms with van der Waals surface area (Å²) in [6, 6.07) is 3.53. The van der Waals surface area contributed by atoms with E-state index in [1.54, 1.807) is 0 Å². The number of para-hydroxylation sites is 1. The van der Waals surface area contributed by atoms with Gasteiger partial charge in [0.15, 0.2) is 18.1 Å². The summed E-state index contributed by atoms with van der Waals surface area (Å²) in [5, 5.41) is 13.3. The summed E-state index contributed by atoms with van der Waals surface area (Å²) in [6.45, 7) is 1.35. The fourth-order valence-corrected chi connectivity index (χ4v) is 3.53. The summed E-state index contributed by atoms with van der Waals surface area (Å²) in [4.78, 5) is 49.1. The van der Waals surface area contributed by atoms with Gasteiger partial charge in [-0.2, -0.15) is 5.01 Å². The van der Waals surface area contributed by atoms with Crippen molar-refractivity contribution >= 4 is 23.8 Å². The quantitative estimate of drug-likeness (QED) is 0.493. The summed E-state index contributed by atoms with van der Waals surface area (Å²) in [5.41, 5.74) is 1.01. The highest BCUT2D eigenvalue weighted by Crippen LogP contribution is 2.35. The fraction of sp³-hybridized carbons (Fsp3) is 0.474. The van der Waals surface area contributed by atoms with Crippen LogP contribution in [0.4, 0.5) is 4.79 Å². The number of hydrogen-bond donors (Lipinski definition) is 3. The van der Waals surface area contributed by atoms with Crippen LogP contribution in [0.3, 0.4) is 0 Å². The smallest absolute Gasteiger partial charge is 0.344 e. The van der Waals surface area contributed by atoms with E-state index in [4.69, 9.17) is 9.47 Å². The highest BCUT2D eigenvalue weighted by molar-refractivity contribution is 6.08. The Balaban J connectivity index is 1.58. The lowest BCUT2D eigenvalue weighted by atomic mass is 9.77. The first-order chi connectivity index (χ1) is 13.8. The number of rotatable bonds is 5. The molecule has 0 atom stereocenters. The van der Waals surface area contributed by atoms with Gasteiger partial charge in [-0.1, -0.05) is 13.0 Å². The van der Waals surface area contributed by atoms with Gasteiger partial charge in [0.1, 0.15) is 11.1 Å². The Morgan fingerprint density at radius 1 is 1.31 bits per heavy atom. The molecule has 1 saturated carbocycles. The van der Waals surface area contributed by atoms with Gasteiger partial charge >= 0.3 is 12.0 Å². The normalized spacial score (nSPS) is 23.7. The molecule has 10 heteroatoms. The number of methoxy groups -OCH3 is 1. The molecule has 4 amide bonds. The lowest BCUT2D eigenvalue weighted by molar-refractivity contribution is -0.141. The van der Waals surface area contributed by atoms with Gasteiger partial charge < -0.3 is 19.9 Å². The van der Waals surface area contributed by atoms with Crippen molar-refractivity contribution < 1.29 is 33.8 Å². The molecule has 3 rings (SSSR count). The number of ether oxygens (including phenoxy) is 2. The number of hydrazine groups is 1. The van der Waals surface area contributed by atoms with Gasteiger partial charge in [-0.05, 0) is 43.7 Å². The second-order valence-electron chi connectivity index (χ2n) is 7.30. The number of aromatic hydroxyl groups is 1. The van der Waals surface area contributed by atoms with Crippen molar-refractivity contribution in [2.45, 2.75) is 38.1 Å². The van der Waals surface area contributed by atoms with E-state index in [2.05, 4.69) is 17.7 Å². The number of esters is 1. The van der Waals surface area contributed by atoms with Gasteiger partial charge in [0, 0.05) is 0 Å². The number of imide groups is 1. The van der Waals surface area contributed by atoms with Crippen molar-refractivity contribution in [2.24, 2.45) is 5.92 Å². The lowest BCUT2D eigenvalue weighted by Gasteiger charge is -2.33. The molecule has 0 bridgehead atoms. The first-order valence-electron chi connectivity index (χ1n) is 9.26. The number of phenols is 1. The second kappa shape index (κ2) is 7.98. The zero-order valence-corrected chi connectivity index (χ0v) is 16.2. The molecule has 1 aliphatic heterocycles. The SMILES string of the molecule is COc1cccc(C(=O)OCC(=O)NN2C(=O)NC3(CCC(C)CC3)C2=O)c1O. The minimum absolute atomic E-state index is 0.0790. The Labute approximate surface area is 167 Å². The second-order valence-corrected chi connectivity index (χ2v) is 7.30. The molecular formula is C19H23N3O7. The molecule has 2 fully saturated rings. The molecular weight excluding hydrogens is 382 g/mol. The van der Waals surface area contributed by atoms with Gasteiger partial charge in [-0.3, -0.25) is 15.0 Å². The molecule has 0 radical (unpaired) electrons. The largest absolute Gasteiger partial charge is 0.504 e. The Bertz CT molecular complexity index is 846. The van der Waals surface area contributed by atoms with Crippen LogP contribution in [0.15, 0.2) is 18.2 Å². The van der Waals surface area contributed by atoms with Crippen molar-refractivity contribution in [1.29, 1.82) is 0 Å². The van der Waals surface area contributed by atoms with Gasteiger partial charge in [0.05, 0.1) is 7.11 Å². The van der Waals surface area contributed by atoms with Gasteiger partial charge in [0.2, 0.25) is 0 Å². The van der Waals surface area contributed by atoms with Crippen LogP contribution in [0.5, 0.6) is 11.5 Å². The zero-order valence-electron chi connectivity index (χ0n) is 16.2. The van der Waals surface area contributed by atoms with Crippen LogP contribution >= 0.6 is 0 Å². The maximum absolute atomic E-state index is 12.7. The molecule has 1 heterocycles. The maximum Gasteiger partial charge on any atom is 0.344 e. The molecule has 1 saturated heterocycles. The van der Waals surface area contributed by atoms with Crippen LogP contribution in [0.25, 0.3) is 0 Å². The van der Waals surface area contributed by atoms with Crippen molar-refractivity contribution in [3.05, 3.63) is 23.8 Å². The molecule has 1 spiro atoms. The van der Waals surface area contributed by atoms with Gasteiger partial charge in [0.25, 0.3) is 11.8 Å². The van der Waals surface area contributed by atoms with Crippen LogP contribution in [0.1, 0.15) is 43.0 Å². The summed E-state index contributed by atoms with van der Waals surface area (Å²) in [6.07, 6.45) is 2.62. The van der Waals surface area contributed by atoms with Crippen molar-refractivity contribution in [2.75, 3.05) is 13.7 Å². The Morgan fingerprint density at radius 3 is 2.66 bits per heavy atom. The Kier molecular flexibility index (Phi) is 5.62. The van der Waals surface area contributed by atoms with Crippen molar-refractivity contribution in [3.63, 3.8) is 0 Å². The van der Waals surface area contributed by atoms with Crippen molar-refractivity contribution in [1.82, 2.24) is 15.8 Å². The summed E-state index contributed by atoms with van der Waals surface area (Å²) < 4.78 is 9.78. The molecule has 156 valence electrons. The number of nitrogens with zero attached hydrogens (tertiary/aromatic N) is 1. The molecule has 1 aromatic carbocycles. The number of carbonyl (C=O) groups is 4. The third kappa shape index (κ3) is 3.96. The molecule has 0 aromatic heterocycles. The third-order valence-electron chi connectivity index (χ3n) is 5.30. The summed E-state index contributed by atoms with van der Waals surface area (Å²) >= 11 is 0. The molecule has 29 heavy (non-hydrogen) atoms. The number of hydrogen-bond acceptors (Lipinski definition) is 7. The highest BCUT2D eigenvalue weighted by atomic mass is 16.5. The van der Waals surface area contributed by atoms with Crippen LogP contribution in [0.2, 0.25) is 0 Å². The zero-order chi connectivity index (χ0) is 21.2. The number of urea groups is 1. The monoisotopic (exact) mass is 405 g/mol. The third-order valence-corrected chi connectivity index (χ3v) is 5.30. The summed E-state index contributed by atoms with van der Waals surface area (Å²) in [5.74, 6) is -2.18. The molecule has 1 aromatic rings. The van der Waals surface area contributed by atoms with Gasteiger partial charge in [-0.15, -0.1) is 0 Å². The van der Waals surface area contributed by atoms with E-state index in [0.717, 1.165) is 12.8 Å². The molecule has 2 aliphatic rings. The predicted molar refractivity (Wildman–Crippen MR) is 98.8 cm³/mol. The number of benzene rings is 1. The average molecular weight is 405 g/mol. The fourth-order valence-electron chi connectivity index (χ4n) is 3.53. The van der Waals surface area contributed by atoms with E-state index in [1.807, 2.05) is 0 Å². The van der Waals surface area contributed by atoms with Crippen LogP contribution < -0.4 is 15.5 Å². The Morgan fingerprint density at radius 2 is 2.00 bits per heavy atom. The van der Waals surface area contributed by atoms with E-state index < -0.39 is 41.7 Å². The number of nitrogens with one attached hydrogen (secondary N) is 2. The van der Waals surface area contributed by atoms with E-state index in [0.29, 0.717) is 23.8 Å².